The average molecular weight is 500 g/mol. The van der Waals surface area contributed by atoms with Crippen molar-refractivity contribution in [2.24, 2.45) is 5.92 Å². The van der Waals surface area contributed by atoms with E-state index >= 15 is 0 Å². The SMILES string of the molecule is COc1cccc([C@H](CNC(=O)C2CCN(S(=O)(=O)c3ccc(C)c(C)c3)CC2)N2CCCC2)c1. The zero-order chi connectivity index (χ0) is 25.0. The van der Waals surface area contributed by atoms with Crippen LogP contribution in [-0.2, 0) is 14.8 Å². The van der Waals surface area contributed by atoms with Crippen LogP contribution in [0.4, 0.5) is 0 Å². The van der Waals surface area contributed by atoms with Gasteiger partial charge in [-0.2, -0.15) is 4.31 Å². The Hall–Kier alpha value is -2.42. The van der Waals surface area contributed by atoms with Crippen molar-refractivity contribution in [3.8, 4) is 5.75 Å². The van der Waals surface area contributed by atoms with E-state index < -0.39 is 10.0 Å². The number of hydrogen-bond donors (Lipinski definition) is 1. The summed E-state index contributed by atoms with van der Waals surface area (Å²) in [6.07, 6.45) is 3.40. The maximum absolute atomic E-state index is 13.1. The summed E-state index contributed by atoms with van der Waals surface area (Å²) in [5.41, 5.74) is 3.17. The number of hydrogen-bond acceptors (Lipinski definition) is 5. The highest BCUT2D eigenvalue weighted by Crippen LogP contribution is 2.28. The quantitative estimate of drug-likeness (QED) is 0.600. The third-order valence-corrected chi connectivity index (χ3v) is 9.37. The van der Waals surface area contributed by atoms with Crippen LogP contribution in [0.3, 0.4) is 0 Å². The summed E-state index contributed by atoms with van der Waals surface area (Å²) in [7, 11) is -1.88. The van der Waals surface area contributed by atoms with Crippen molar-refractivity contribution in [3.63, 3.8) is 0 Å². The topological polar surface area (TPSA) is 79.0 Å². The van der Waals surface area contributed by atoms with Crippen LogP contribution in [0.2, 0.25) is 0 Å². The Morgan fingerprint density at radius 3 is 2.40 bits per heavy atom. The van der Waals surface area contributed by atoms with Crippen LogP contribution in [-0.4, -0.2) is 63.4 Å². The highest BCUT2D eigenvalue weighted by atomic mass is 32.2. The number of likely N-dealkylation sites (tertiary alicyclic amines) is 1. The second kappa shape index (κ2) is 11.1. The number of aryl methyl sites for hydroxylation is 2. The monoisotopic (exact) mass is 499 g/mol. The van der Waals surface area contributed by atoms with Gasteiger partial charge < -0.3 is 10.1 Å². The molecule has 190 valence electrons. The smallest absolute Gasteiger partial charge is 0.243 e. The molecule has 2 aromatic carbocycles. The predicted molar refractivity (Wildman–Crippen MR) is 137 cm³/mol. The van der Waals surface area contributed by atoms with E-state index in [4.69, 9.17) is 4.74 Å². The average Bonchev–Trinajstić information content (AvgIpc) is 3.40. The van der Waals surface area contributed by atoms with E-state index in [2.05, 4.69) is 16.3 Å². The minimum Gasteiger partial charge on any atom is -0.497 e. The molecule has 4 rings (SSSR count). The fourth-order valence-electron chi connectivity index (χ4n) is 5.08. The minimum atomic E-state index is -3.55. The summed E-state index contributed by atoms with van der Waals surface area (Å²) >= 11 is 0. The molecule has 0 aliphatic carbocycles. The number of carbonyl (C=O) groups excluding carboxylic acids is 1. The second-order valence-electron chi connectivity index (χ2n) is 9.71. The van der Waals surface area contributed by atoms with E-state index in [9.17, 15) is 13.2 Å². The molecule has 8 heteroatoms. The van der Waals surface area contributed by atoms with Crippen LogP contribution in [0.1, 0.15) is 48.4 Å². The van der Waals surface area contributed by atoms with Crippen molar-refractivity contribution in [2.45, 2.75) is 50.5 Å². The molecule has 0 unspecified atom stereocenters. The zero-order valence-corrected chi connectivity index (χ0v) is 21.8. The lowest BCUT2D eigenvalue weighted by Gasteiger charge is -2.32. The van der Waals surface area contributed by atoms with Crippen molar-refractivity contribution in [2.75, 3.05) is 39.8 Å². The van der Waals surface area contributed by atoms with E-state index in [0.29, 0.717) is 37.4 Å². The van der Waals surface area contributed by atoms with Gasteiger partial charge in [-0.25, -0.2) is 8.42 Å². The van der Waals surface area contributed by atoms with E-state index in [1.807, 2.05) is 38.1 Å². The number of piperidine rings is 1. The van der Waals surface area contributed by atoms with Gasteiger partial charge in [-0.05, 0) is 93.6 Å². The molecule has 0 saturated carbocycles. The third-order valence-electron chi connectivity index (χ3n) is 7.47. The van der Waals surface area contributed by atoms with Gasteiger partial charge in [0.1, 0.15) is 5.75 Å². The molecule has 0 aromatic heterocycles. The number of ether oxygens (including phenoxy) is 1. The zero-order valence-electron chi connectivity index (χ0n) is 21.0. The van der Waals surface area contributed by atoms with Crippen molar-refractivity contribution < 1.29 is 17.9 Å². The van der Waals surface area contributed by atoms with Crippen molar-refractivity contribution in [3.05, 3.63) is 59.2 Å². The van der Waals surface area contributed by atoms with Crippen LogP contribution in [0.5, 0.6) is 5.75 Å². The number of benzene rings is 2. The van der Waals surface area contributed by atoms with Crippen LogP contribution < -0.4 is 10.1 Å². The van der Waals surface area contributed by atoms with Crippen LogP contribution >= 0.6 is 0 Å². The maximum atomic E-state index is 13.1. The number of nitrogens with zero attached hydrogens (tertiary/aromatic N) is 2. The first kappa shape index (κ1) is 25.7. The van der Waals surface area contributed by atoms with Gasteiger partial charge in [0.25, 0.3) is 0 Å². The van der Waals surface area contributed by atoms with Crippen LogP contribution in [0, 0.1) is 19.8 Å². The molecule has 2 aliphatic rings. The van der Waals surface area contributed by atoms with Gasteiger partial charge in [-0.15, -0.1) is 0 Å². The van der Waals surface area contributed by atoms with Crippen LogP contribution in [0.25, 0.3) is 0 Å². The molecular formula is C27H37N3O4S. The molecule has 35 heavy (non-hydrogen) atoms. The summed E-state index contributed by atoms with van der Waals surface area (Å²) in [5.74, 6) is 0.654. The third kappa shape index (κ3) is 5.88. The largest absolute Gasteiger partial charge is 0.497 e. The Morgan fingerprint density at radius 2 is 1.74 bits per heavy atom. The van der Waals surface area contributed by atoms with Gasteiger partial charge in [0.05, 0.1) is 18.0 Å². The highest BCUT2D eigenvalue weighted by Gasteiger charge is 2.33. The number of methoxy groups -OCH3 is 1. The van der Waals surface area contributed by atoms with Crippen molar-refractivity contribution >= 4 is 15.9 Å². The lowest BCUT2D eigenvalue weighted by molar-refractivity contribution is -0.126. The summed E-state index contributed by atoms with van der Waals surface area (Å²) in [5, 5.41) is 3.17. The van der Waals surface area contributed by atoms with E-state index in [-0.39, 0.29) is 17.9 Å². The molecule has 0 radical (unpaired) electrons. The fourth-order valence-corrected chi connectivity index (χ4v) is 6.64. The molecule has 2 aliphatic heterocycles. The van der Waals surface area contributed by atoms with Gasteiger partial charge in [0.15, 0.2) is 0 Å². The normalized spacial score (nSPS) is 18.9. The number of sulfonamides is 1. The summed E-state index contributed by atoms with van der Waals surface area (Å²) < 4.78 is 33.1. The van der Waals surface area contributed by atoms with Gasteiger partial charge in [-0.3, -0.25) is 9.69 Å². The molecule has 2 aromatic rings. The summed E-state index contributed by atoms with van der Waals surface area (Å²) in [4.78, 5) is 15.8. The van der Waals surface area contributed by atoms with Gasteiger partial charge in [0, 0.05) is 25.6 Å². The minimum absolute atomic E-state index is 0.0142. The van der Waals surface area contributed by atoms with Gasteiger partial charge in [0.2, 0.25) is 15.9 Å². The number of rotatable bonds is 8. The fraction of sp³-hybridized carbons (Fsp3) is 0.519. The molecule has 2 saturated heterocycles. The number of amides is 1. The number of carbonyl (C=O) groups is 1. The van der Waals surface area contributed by atoms with Crippen molar-refractivity contribution in [1.29, 1.82) is 0 Å². The molecular weight excluding hydrogens is 462 g/mol. The Morgan fingerprint density at radius 1 is 1.03 bits per heavy atom. The molecule has 1 N–H and O–H groups in total. The molecule has 2 fully saturated rings. The Balaban J connectivity index is 1.36. The molecule has 1 atom stereocenters. The predicted octanol–water partition coefficient (Wildman–Crippen LogP) is 3.67. The highest BCUT2D eigenvalue weighted by molar-refractivity contribution is 7.89. The van der Waals surface area contributed by atoms with Crippen molar-refractivity contribution in [1.82, 2.24) is 14.5 Å². The summed E-state index contributed by atoms with van der Waals surface area (Å²) in [6.45, 7) is 7.19. The standard InChI is InChI=1S/C27H37N3O4S/c1-20-9-10-25(17-21(20)2)35(32,33)30-15-11-22(12-16-30)27(31)28-19-26(29-13-4-5-14-29)23-7-6-8-24(18-23)34-3/h6-10,17-18,22,26H,4-5,11-16,19H2,1-3H3,(H,28,31)/t26-/m0/s1. The lowest BCUT2D eigenvalue weighted by Crippen LogP contribution is -2.44. The van der Waals surface area contributed by atoms with E-state index in [1.54, 1.807) is 19.2 Å². The molecule has 2 heterocycles. The second-order valence-corrected chi connectivity index (χ2v) is 11.6. The van der Waals surface area contributed by atoms with Crippen LogP contribution in [0.15, 0.2) is 47.4 Å². The van der Waals surface area contributed by atoms with E-state index in [0.717, 1.165) is 35.5 Å². The first-order valence-electron chi connectivity index (χ1n) is 12.5. The molecule has 1 amide bonds. The van der Waals surface area contributed by atoms with Gasteiger partial charge >= 0.3 is 0 Å². The molecule has 0 spiro atoms. The lowest BCUT2D eigenvalue weighted by atomic mass is 9.97. The molecule has 0 bridgehead atoms. The Labute approximate surface area is 209 Å². The first-order chi connectivity index (χ1) is 16.8. The first-order valence-corrected chi connectivity index (χ1v) is 14.0. The number of nitrogens with one attached hydrogen (secondary N) is 1. The maximum Gasteiger partial charge on any atom is 0.243 e. The Kier molecular flexibility index (Phi) is 8.14. The van der Waals surface area contributed by atoms with E-state index in [1.165, 1.54) is 17.1 Å². The summed E-state index contributed by atoms with van der Waals surface area (Å²) in [6, 6.07) is 13.4. The van der Waals surface area contributed by atoms with Gasteiger partial charge in [-0.1, -0.05) is 18.2 Å². The Bertz CT molecular complexity index is 1140. The molecule has 7 nitrogen and oxygen atoms in total.